The highest BCUT2D eigenvalue weighted by atomic mass is 16.7. The van der Waals surface area contributed by atoms with E-state index in [2.05, 4.69) is 16.9 Å². The van der Waals surface area contributed by atoms with E-state index in [1.807, 2.05) is 0 Å². The van der Waals surface area contributed by atoms with E-state index in [0.717, 1.165) is 6.08 Å². The van der Waals surface area contributed by atoms with Crippen LogP contribution in [0.3, 0.4) is 0 Å². The van der Waals surface area contributed by atoms with Crippen LogP contribution in [0.15, 0.2) is 36.9 Å². The second-order valence-corrected chi connectivity index (χ2v) is 3.92. The molecule has 3 N–H and O–H groups in total. The molecule has 0 unspecified atom stereocenters. The number of carbonyl (C=O) groups excluding carboxylic acids is 1. The van der Waals surface area contributed by atoms with Crippen molar-refractivity contribution in [3.63, 3.8) is 0 Å². The highest BCUT2D eigenvalue weighted by Gasteiger charge is 2.14. The molecular formula is C13H14N2O6. The largest absolute Gasteiger partial charge is 0.480 e. The first kappa shape index (κ1) is 16.0. The Hall–Kier alpha value is -3.03. The van der Waals surface area contributed by atoms with E-state index in [-0.39, 0.29) is 0 Å². The third kappa shape index (κ3) is 5.64. The Bertz CT molecular complexity index is 524. The van der Waals surface area contributed by atoms with Gasteiger partial charge in [0, 0.05) is 11.8 Å². The maximum atomic E-state index is 10.9. The van der Waals surface area contributed by atoms with E-state index in [1.165, 1.54) is 29.2 Å². The molecule has 8 heteroatoms. The van der Waals surface area contributed by atoms with Crippen LogP contribution in [0, 0.1) is 0 Å². The predicted molar refractivity (Wildman–Crippen MR) is 73.8 cm³/mol. The Morgan fingerprint density at radius 2 is 1.67 bits per heavy atom. The molecule has 1 aromatic carbocycles. The van der Waals surface area contributed by atoms with Crippen molar-refractivity contribution in [1.82, 2.24) is 0 Å². The van der Waals surface area contributed by atoms with Gasteiger partial charge >= 0.3 is 17.9 Å². The number of carbonyl (C=O) groups is 3. The summed E-state index contributed by atoms with van der Waals surface area (Å²) in [6.45, 7) is 2.35. The van der Waals surface area contributed by atoms with Gasteiger partial charge in [-0.25, -0.2) is 10.3 Å². The summed E-state index contributed by atoms with van der Waals surface area (Å²) in [6, 6.07) is 6.05. The minimum absolute atomic E-state index is 0.417. The molecule has 112 valence electrons. The summed E-state index contributed by atoms with van der Waals surface area (Å²) in [4.78, 5) is 38.1. The van der Waals surface area contributed by atoms with Gasteiger partial charge in [-0.2, -0.15) is 0 Å². The van der Waals surface area contributed by atoms with Crippen molar-refractivity contribution < 1.29 is 29.4 Å². The maximum absolute atomic E-state index is 10.9. The summed E-state index contributed by atoms with van der Waals surface area (Å²) in [5, 5.41) is 17.5. The third-order valence-electron chi connectivity index (χ3n) is 2.32. The number of hydrogen-bond donors (Lipinski definition) is 3. The Kier molecular flexibility index (Phi) is 5.75. The van der Waals surface area contributed by atoms with Crippen LogP contribution in [0.1, 0.15) is 0 Å². The number of hydrogen-bond acceptors (Lipinski definition) is 6. The Labute approximate surface area is 120 Å². The molecule has 0 saturated carbocycles. The zero-order chi connectivity index (χ0) is 15.8. The summed E-state index contributed by atoms with van der Waals surface area (Å²) < 4.78 is 0. The first-order chi connectivity index (χ1) is 9.92. The molecule has 0 atom stereocenters. The lowest BCUT2D eigenvalue weighted by atomic mass is 10.2. The molecule has 0 spiro atoms. The second-order valence-electron chi connectivity index (χ2n) is 3.92. The number of carboxylic acid groups (broad SMARTS) is 2. The summed E-state index contributed by atoms with van der Waals surface area (Å²) in [6.07, 6.45) is 0.989. The topological polar surface area (TPSA) is 116 Å². The quantitative estimate of drug-likeness (QED) is 0.474. The number of carboxylic acids is 2. The zero-order valence-corrected chi connectivity index (χ0v) is 11.0. The molecule has 0 amide bonds. The van der Waals surface area contributed by atoms with Gasteiger partial charge in [0.2, 0.25) is 0 Å². The fourth-order valence-corrected chi connectivity index (χ4v) is 1.46. The summed E-state index contributed by atoms with van der Waals surface area (Å²) in [5.74, 6) is -2.94. The normalized spacial score (nSPS) is 9.52. The van der Waals surface area contributed by atoms with E-state index in [0.29, 0.717) is 11.4 Å². The number of nitrogens with one attached hydrogen (secondary N) is 1. The molecule has 0 aromatic heterocycles. The molecule has 1 aromatic rings. The van der Waals surface area contributed by atoms with Crippen LogP contribution in [-0.4, -0.2) is 41.2 Å². The number of nitrogens with zero attached hydrogens (tertiary/aromatic N) is 1. The van der Waals surface area contributed by atoms with Crippen molar-refractivity contribution in [1.29, 1.82) is 0 Å². The molecule has 0 aliphatic carbocycles. The van der Waals surface area contributed by atoms with Crippen LogP contribution in [0.5, 0.6) is 0 Å². The molecule has 0 aliphatic rings. The standard InChI is InChI=1S/C13H14N2O6/c1-2-13(20)21-14-9-3-5-10(6-4-9)15(7-11(16)17)8-12(18)19/h2-6,14H,1,7-8H2,(H,16,17)(H,18,19). The summed E-state index contributed by atoms with van der Waals surface area (Å²) in [7, 11) is 0. The molecule has 21 heavy (non-hydrogen) atoms. The number of aliphatic carboxylic acids is 2. The smallest absolute Gasteiger partial charge is 0.355 e. The summed E-state index contributed by atoms with van der Waals surface area (Å²) in [5.41, 5.74) is 3.23. The molecule has 0 bridgehead atoms. The van der Waals surface area contributed by atoms with Crippen LogP contribution < -0.4 is 10.4 Å². The zero-order valence-electron chi connectivity index (χ0n) is 11.0. The monoisotopic (exact) mass is 294 g/mol. The average Bonchev–Trinajstić information content (AvgIpc) is 2.43. The van der Waals surface area contributed by atoms with Crippen molar-refractivity contribution in [2.45, 2.75) is 0 Å². The van der Waals surface area contributed by atoms with Gasteiger partial charge in [-0.1, -0.05) is 6.58 Å². The average molecular weight is 294 g/mol. The van der Waals surface area contributed by atoms with Gasteiger partial charge in [-0.15, -0.1) is 0 Å². The van der Waals surface area contributed by atoms with E-state index in [9.17, 15) is 14.4 Å². The molecule has 0 radical (unpaired) electrons. The van der Waals surface area contributed by atoms with Gasteiger partial charge in [0.15, 0.2) is 0 Å². The number of anilines is 2. The lowest BCUT2D eigenvalue weighted by Crippen LogP contribution is -2.34. The number of benzene rings is 1. The van der Waals surface area contributed by atoms with Crippen molar-refractivity contribution >= 4 is 29.3 Å². The van der Waals surface area contributed by atoms with Gasteiger partial charge in [0.1, 0.15) is 13.1 Å². The van der Waals surface area contributed by atoms with Crippen LogP contribution in [0.4, 0.5) is 11.4 Å². The highest BCUT2D eigenvalue weighted by Crippen LogP contribution is 2.17. The summed E-state index contributed by atoms with van der Waals surface area (Å²) >= 11 is 0. The molecule has 0 heterocycles. The first-order valence-electron chi connectivity index (χ1n) is 5.80. The Morgan fingerprint density at radius 1 is 1.14 bits per heavy atom. The minimum atomic E-state index is -1.14. The van der Waals surface area contributed by atoms with Crippen LogP contribution in [0.2, 0.25) is 0 Å². The van der Waals surface area contributed by atoms with Gasteiger partial charge in [0.25, 0.3) is 0 Å². The predicted octanol–water partition coefficient (Wildman–Crippen LogP) is 0.718. The lowest BCUT2D eigenvalue weighted by molar-refractivity contribution is -0.137. The lowest BCUT2D eigenvalue weighted by Gasteiger charge is -2.20. The molecule has 0 fully saturated rings. The number of rotatable bonds is 8. The first-order valence-corrected chi connectivity index (χ1v) is 5.80. The van der Waals surface area contributed by atoms with E-state index in [1.54, 1.807) is 0 Å². The van der Waals surface area contributed by atoms with E-state index >= 15 is 0 Å². The fourth-order valence-electron chi connectivity index (χ4n) is 1.46. The van der Waals surface area contributed by atoms with Crippen molar-refractivity contribution in [2.75, 3.05) is 23.5 Å². The molecule has 0 aliphatic heterocycles. The minimum Gasteiger partial charge on any atom is -0.480 e. The highest BCUT2D eigenvalue weighted by molar-refractivity contribution is 5.82. The second kappa shape index (κ2) is 7.53. The van der Waals surface area contributed by atoms with E-state index < -0.39 is 31.0 Å². The van der Waals surface area contributed by atoms with Crippen molar-refractivity contribution in [3.05, 3.63) is 36.9 Å². The third-order valence-corrected chi connectivity index (χ3v) is 2.32. The molecule has 1 rings (SSSR count). The fraction of sp³-hybridized carbons (Fsp3) is 0.154. The van der Waals surface area contributed by atoms with Gasteiger partial charge in [-0.05, 0) is 24.3 Å². The van der Waals surface area contributed by atoms with Gasteiger partial charge in [-0.3, -0.25) is 9.59 Å². The molecular weight excluding hydrogens is 280 g/mol. The maximum Gasteiger partial charge on any atom is 0.355 e. The van der Waals surface area contributed by atoms with Gasteiger partial charge in [0.05, 0.1) is 5.69 Å². The SMILES string of the molecule is C=CC(=O)ONc1ccc(N(CC(=O)O)CC(=O)O)cc1. The molecule has 0 saturated heterocycles. The Balaban J connectivity index is 2.76. The van der Waals surface area contributed by atoms with E-state index in [4.69, 9.17) is 10.2 Å². The van der Waals surface area contributed by atoms with Crippen LogP contribution >= 0.6 is 0 Å². The molecule has 8 nitrogen and oxygen atoms in total. The van der Waals surface area contributed by atoms with Gasteiger partial charge < -0.3 is 20.0 Å². The van der Waals surface area contributed by atoms with Crippen LogP contribution in [0.25, 0.3) is 0 Å². The van der Waals surface area contributed by atoms with Crippen molar-refractivity contribution in [2.24, 2.45) is 0 Å². The van der Waals surface area contributed by atoms with Crippen LogP contribution in [-0.2, 0) is 19.2 Å². The van der Waals surface area contributed by atoms with Crippen molar-refractivity contribution in [3.8, 4) is 0 Å². The Morgan fingerprint density at radius 3 is 2.10 bits per heavy atom.